The summed E-state index contributed by atoms with van der Waals surface area (Å²) in [7, 11) is 0. The van der Waals surface area contributed by atoms with Gasteiger partial charge in [-0.05, 0) is 24.8 Å². The average molecular weight is 260 g/mol. The normalized spacial score (nSPS) is 19.8. The molecule has 1 saturated carbocycles. The molecule has 104 valence electrons. The molecule has 1 aliphatic carbocycles. The second-order valence-electron chi connectivity index (χ2n) is 5.47. The molecule has 0 bridgehead atoms. The van der Waals surface area contributed by atoms with Crippen molar-refractivity contribution >= 4 is 5.91 Å². The van der Waals surface area contributed by atoms with Gasteiger partial charge in [-0.2, -0.15) is 0 Å². The Kier molecular flexibility index (Phi) is 4.59. The maximum atomic E-state index is 12.1. The van der Waals surface area contributed by atoms with Crippen molar-refractivity contribution in [3.8, 4) is 0 Å². The quantitative estimate of drug-likeness (QED) is 0.855. The molecule has 1 fully saturated rings. The Morgan fingerprint density at radius 1 is 1.26 bits per heavy atom. The van der Waals surface area contributed by atoms with Crippen molar-refractivity contribution in [2.24, 2.45) is 5.73 Å². The van der Waals surface area contributed by atoms with Gasteiger partial charge in [0, 0.05) is 6.04 Å². The van der Waals surface area contributed by atoms with E-state index in [1.54, 1.807) is 0 Å². The monoisotopic (exact) mass is 260 g/mol. The molecule has 0 aliphatic heterocycles. The first kappa shape index (κ1) is 14.1. The van der Waals surface area contributed by atoms with Crippen LogP contribution < -0.4 is 11.1 Å². The Labute approximate surface area is 115 Å². The SMILES string of the molecule is CCC(NC1CCCCC1)(C(N)=O)c1ccccc1. The largest absolute Gasteiger partial charge is 0.368 e. The van der Waals surface area contributed by atoms with Gasteiger partial charge in [0.05, 0.1) is 0 Å². The van der Waals surface area contributed by atoms with Crippen molar-refractivity contribution in [1.82, 2.24) is 5.32 Å². The van der Waals surface area contributed by atoms with Crippen molar-refractivity contribution in [3.05, 3.63) is 35.9 Å². The lowest BCUT2D eigenvalue weighted by molar-refractivity contribution is -0.125. The highest BCUT2D eigenvalue weighted by Crippen LogP contribution is 2.28. The highest BCUT2D eigenvalue weighted by Gasteiger charge is 2.38. The average Bonchev–Trinajstić information content (AvgIpc) is 2.46. The zero-order valence-corrected chi connectivity index (χ0v) is 11.7. The van der Waals surface area contributed by atoms with Crippen LogP contribution in [0.2, 0.25) is 0 Å². The Morgan fingerprint density at radius 3 is 2.42 bits per heavy atom. The first-order chi connectivity index (χ1) is 9.19. The lowest BCUT2D eigenvalue weighted by atomic mass is 9.83. The molecule has 0 aromatic heterocycles. The van der Waals surface area contributed by atoms with E-state index in [2.05, 4.69) is 5.32 Å². The minimum atomic E-state index is -0.719. The van der Waals surface area contributed by atoms with Crippen LogP contribution in [0.5, 0.6) is 0 Å². The molecule has 3 N–H and O–H groups in total. The molecule has 19 heavy (non-hydrogen) atoms. The van der Waals surface area contributed by atoms with Crippen LogP contribution >= 0.6 is 0 Å². The number of rotatable bonds is 5. The molecule has 1 aliphatic rings. The number of carbonyl (C=O) groups excluding carboxylic acids is 1. The molecule has 3 heteroatoms. The summed E-state index contributed by atoms with van der Waals surface area (Å²) in [6.45, 7) is 2.02. The summed E-state index contributed by atoms with van der Waals surface area (Å²) < 4.78 is 0. The predicted molar refractivity (Wildman–Crippen MR) is 77.6 cm³/mol. The fourth-order valence-corrected chi connectivity index (χ4v) is 3.10. The van der Waals surface area contributed by atoms with E-state index >= 15 is 0 Å². The number of hydrogen-bond acceptors (Lipinski definition) is 2. The highest BCUT2D eigenvalue weighted by atomic mass is 16.1. The summed E-state index contributed by atoms with van der Waals surface area (Å²) in [4.78, 5) is 12.1. The topological polar surface area (TPSA) is 55.1 Å². The van der Waals surface area contributed by atoms with Gasteiger partial charge in [-0.15, -0.1) is 0 Å². The summed E-state index contributed by atoms with van der Waals surface area (Å²) >= 11 is 0. The van der Waals surface area contributed by atoms with E-state index in [0.29, 0.717) is 12.5 Å². The Bertz CT molecular complexity index is 412. The van der Waals surface area contributed by atoms with E-state index in [1.165, 1.54) is 19.3 Å². The van der Waals surface area contributed by atoms with E-state index in [9.17, 15) is 4.79 Å². The van der Waals surface area contributed by atoms with Crippen molar-refractivity contribution in [3.63, 3.8) is 0 Å². The first-order valence-electron chi connectivity index (χ1n) is 7.32. The van der Waals surface area contributed by atoms with Crippen molar-refractivity contribution in [2.45, 2.75) is 57.0 Å². The lowest BCUT2D eigenvalue weighted by Gasteiger charge is -2.37. The van der Waals surface area contributed by atoms with Gasteiger partial charge in [-0.3, -0.25) is 10.1 Å². The maximum absolute atomic E-state index is 12.1. The number of nitrogens with two attached hydrogens (primary N) is 1. The number of hydrogen-bond donors (Lipinski definition) is 2. The van der Waals surface area contributed by atoms with Crippen LogP contribution in [0.1, 0.15) is 51.0 Å². The number of nitrogens with one attached hydrogen (secondary N) is 1. The molecule has 1 atom stereocenters. The molecular weight excluding hydrogens is 236 g/mol. The second kappa shape index (κ2) is 6.20. The second-order valence-corrected chi connectivity index (χ2v) is 5.47. The highest BCUT2D eigenvalue weighted by molar-refractivity contribution is 5.86. The third kappa shape index (κ3) is 2.98. The zero-order chi connectivity index (χ0) is 13.7. The number of carbonyl (C=O) groups is 1. The van der Waals surface area contributed by atoms with Gasteiger partial charge in [0.25, 0.3) is 0 Å². The van der Waals surface area contributed by atoms with Gasteiger partial charge in [0.1, 0.15) is 5.54 Å². The summed E-state index contributed by atoms with van der Waals surface area (Å²) in [5.74, 6) is -0.272. The van der Waals surface area contributed by atoms with E-state index in [1.807, 2.05) is 37.3 Å². The third-order valence-electron chi connectivity index (χ3n) is 4.27. The van der Waals surface area contributed by atoms with E-state index in [0.717, 1.165) is 18.4 Å². The van der Waals surface area contributed by atoms with Crippen LogP contribution in [0.15, 0.2) is 30.3 Å². The standard InChI is InChI=1S/C16H24N2O/c1-2-16(15(17)19,13-9-5-3-6-10-13)18-14-11-7-4-8-12-14/h3,5-6,9-10,14,18H,2,4,7-8,11-12H2,1H3,(H2,17,19). The van der Waals surface area contributed by atoms with Crippen molar-refractivity contribution < 1.29 is 4.79 Å². The molecular formula is C16H24N2O. The molecule has 3 nitrogen and oxygen atoms in total. The summed E-state index contributed by atoms with van der Waals surface area (Å²) in [6.07, 6.45) is 6.75. The Hall–Kier alpha value is -1.35. The van der Waals surface area contributed by atoms with Gasteiger partial charge in [0.2, 0.25) is 5.91 Å². The first-order valence-corrected chi connectivity index (χ1v) is 7.32. The van der Waals surface area contributed by atoms with Crippen LogP contribution in [-0.4, -0.2) is 11.9 Å². The number of primary amides is 1. The van der Waals surface area contributed by atoms with Crippen LogP contribution in [-0.2, 0) is 10.3 Å². The van der Waals surface area contributed by atoms with E-state index < -0.39 is 5.54 Å². The molecule has 1 unspecified atom stereocenters. The minimum Gasteiger partial charge on any atom is -0.368 e. The van der Waals surface area contributed by atoms with Crippen LogP contribution in [0.3, 0.4) is 0 Å². The summed E-state index contributed by atoms with van der Waals surface area (Å²) in [5, 5.41) is 3.56. The molecule has 1 aromatic rings. The molecule has 0 spiro atoms. The van der Waals surface area contributed by atoms with E-state index in [4.69, 9.17) is 5.73 Å². The molecule has 1 amide bonds. The Morgan fingerprint density at radius 2 is 1.89 bits per heavy atom. The summed E-state index contributed by atoms with van der Waals surface area (Å²) in [6, 6.07) is 10.3. The molecule has 2 rings (SSSR count). The van der Waals surface area contributed by atoms with Gasteiger partial charge in [-0.25, -0.2) is 0 Å². The smallest absolute Gasteiger partial charge is 0.242 e. The van der Waals surface area contributed by atoms with E-state index in [-0.39, 0.29) is 5.91 Å². The third-order valence-corrected chi connectivity index (χ3v) is 4.27. The van der Waals surface area contributed by atoms with Crippen molar-refractivity contribution in [2.75, 3.05) is 0 Å². The minimum absolute atomic E-state index is 0.272. The Balaban J connectivity index is 2.26. The molecule has 0 saturated heterocycles. The molecule has 1 aromatic carbocycles. The van der Waals surface area contributed by atoms with Gasteiger partial charge in [0.15, 0.2) is 0 Å². The number of amides is 1. The van der Waals surface area contributed by atoms with Gasteiger partial charge >= 0.3 is 0 Å². The lowest BCUT2D eigenvalue weighted by Crippen LogP contribution is -2.56. The summed E-state index contributed by atoms with van der Waals surface area (Å²) in [5.41, 5.74) is 5.99. The van der Waals surface area contributed by atoms with Gasteiger partial charge < -0.3 is 5.73 Å². The molecule has 0 heterocycles. The maximum Gasteiger partial charge on any atom is 0.242 e. The van der Waals surface area contributed by atoms with Crippen molar-refractivity contribution in [1.29, 1.82) is 0 Å². The zero-order valence-electron chi connectivity index (χ0n) is 11.7. The van der Waals surface area contributed by atoms with Crippen LogP contribution in [0.4, 0.5) is 0 Å². The molecule has 0 radical (unpaired) electrons. The predicted octanol–water partition coefficient (Wildman–Crippen LogP) is 2.70. The van der Waals surface area contributed by atoms with Crippen LogP contribution in [0, 0.1) is 0 Å². The van der Waals surface area contributed by atoms with Gasteiger partial charge in [-0.1, -0.05) is 56.5 Å². The fraction of sp³-hybridized carbons (Fsp3) is 0.562. The fourth-order valence-electron chi connectivity index (χ4n) is 3.10. The van der Waals surface area contributed by atoms with Crippen LogP contribution in [0.25, 0.3) is 0 Å². The number of benzene rings is 1.